The fraction of sp³-hybridized carbons (Fsp3) is 0.364. The maximum Gasteiger partial charge on any atom is 0.291 e. The fourth-order valence-electron chi connectivity index (χ4n) is 3.90. The summed E-state index contributed by atoms with van der Waals surface area (Å²) in [6, 6.07) is 8.02. The molecule has 4 heterocycles. The number of pyridine rings is 1. The van der Waals surface area contributed by atoms with Crippen LogP contribution in [0.4, 0.5) is 0 Å². The summed E-state index contributed by atoms with van der Waals surface area (Å²) >= 11 is 1.60. The van der Waals surface area contributed by atoms with Crippen LogP contribution in [0, 0.1) is 0 Å². The second-order valence-corrected chi connectivity index (χ2v) is 8.68. The first-order valence-electron chi connectivity index (χ1n) is 10.3. The zero-order chi connectivity index (χ0) is 20.7. The highest BCUT2D eigenvalue weighted by Gasteiger charge is 2.33. The predicted octanol–water partition coefficient (Wildman–Crippen LogP) is 3.25. The third kappa shape index (κ3) is 3.41. The molecule has 1 saturated carbocycles. The highest BCUT2D eigenvalue weighted by atomic mass is 32.1. The lowest BCUT2D eigenvalue weighted by Crippen LogP contribution is -2.39. The quantitative estimate of drug-likeness (QED) is 0.459. The monoisotopic (exact) mass is 421 g/mol. The molecule has 1 aliphatic rings. The molecule has 0 N–H and O–H groups in total. The molecular formula is C22H23N5O2S. The summed E-state index contributed by atoms with van der Waals surface area (Å²) < 4.78 is 3.32. The van der Waals surface area contributed by atoms with Gasteiger partial charge in [0.05, 0.1) is 0 Å². The molecule has 30 heavy (non-hydrogen) atoms. The zero-order valence-electron chi connectivity index (χ0n) is 16.8. The van der Waals surface area contributed by atoms with E-state index in [0.717, 1.165) is 47.3 Å². The number of fused-ring (bicyclic) bond motifs is 3. The second kappa shape index (κ2) is 7.68. The van der Waals surface area contributed by atoms with Gasteiger partial charge in [0.2, 0.25) is 5.91 Å². The van der Waals surface area contributed by atoms with Crippen LogP contribution in [0.5, 0.6) is 0 Å². The van der Waals surface area contributed by atoms with Crippen molar-refractivity contribution < 1.29 is 4.79 Å². The van der Waals surface area contributed by atoms with Crippen molar-refractivity contribution in [2.24, 2.45) is 0 Å². The number of amides is 1. The van der Waals surface area contributed by atoms with E-state index >= 15 is 0 Å². The summed E-state index contributed by atoms with van der Waals surface area (Å²) in [4.78, 5) is 33.3. The summed E-state index contributed by atoms with van der Waals surface area (Å²) in [6.45, 7) is 2.59. The van der Waals surface area contributed by atoms with Gasteiger partial charge in [0.25, 0.3) is 5.56 Å². The highest BCUT2D eigenvalue weighted by molar-refractivity contribution is 7.16. The van der Waals surface area contributed by atoms with Gasteiger partial charge in [-0.25, -0.2) is 4.68 Å². The molecule has 7 nitrogen and oxygen atoms in total. The van der Waals surface area contributed by atoms with E-state index in [-0.39, 0.29) is 24.1 Å². The number of hydrogen-bond donors (Lipinski definition) is 0. The molecule has 0 saturated heterocycles. The fourth-order valence-corrected chi connectivity index (χ4v) is 4.82. The number of nitrogens with zero attached hydrogens (tertiary/aromatic N) is 5. The predicted molar refractivity (Wildman–Crippen MR) is 117 cm³/mol. The summed E-state index contributed by atoms with van der Waals surface area (Å²) in [6.07, 6.45) is 7.15. The Kier molecular flexibility index (Phi) is 4.86. The van der Waals surface area contributed by atoms with E-state index in [9.17, 15) is 9.59 Å². The lowest BCUT2D eigenvalue weighted by atomic mass is 10.2. The Morgan fingerprint density at radius 2 is 2.07 bits per heavy atom. The molecule has 1 amide bonds. The molecule has 0 radical (unpaired) electrons. The summed E-state index contributed by atoms with van der Waals surface area (Å²) in [7, 11) is 0. The molecule has 0 unspecified atom stereocenters. The van der Waals surface area contributed by atoms with Gasteiger partial charge in [-0.2, -0.15) is 5.10 Å². The SMILES string of the molecule is CCCc1nn(CC(=O)N(Cc2ccncc2)C2CC2)c(=O)c2cc3ccsc3n12. The van der Waals surface area contributed by atoms with Crippen LogP contribution in [-0.4, -0.2) is 36.0 Å². The smallest absolute Gasteiger partial charge is 0.291 e. The number of aryl methyl sites for hydroxylation is 1. The van der Waals surface area contributed by atoms with E-state index in [1.165, 1.54) is 4.68 Å². The molecule has 0 aromatic carbocycles. The number of hydrogen-bond acceptors (Lipinski definition) is 5. The first-order chi connectivity index (χ1) is 14.7. The van der Waals surface area contributed by atoms with Crippen molar-refractivity contribution in [2.45, 2.75) is 51.7 Å². The van der Waals surface area contributed by atoms with Gasteiger partial charge in [-0.05, 0) is 54.5 Å². The van der Waals surface area contributed by atoms with Crippen LogP contribution in [0.2, 0.25) is 0 Å². The zero-order valence-corrected chi connectivity index (χ0v) is 17.6. The van der Waals surface area contributed by atoms with Crippen LogP contribution in [0.15, 0.2) is 46.8 Å². The van der Waals surface area contributed by atoms with Gasteiger partial charge < -0.3 is 4.90 Å². The van der Waals surface area contributed by atoms with Crippen molar-refractivity contribution in [1.82, 2.24) is 24.1 Å². The highest BCUT2D eigenvalue weighted by Crippen LogP contribution is 2.29. The summed E-state index contributed by atoms with van der Waals surface area (Å²) in [5, 5.41) is 7.68. The molecule has 4 aromatic rings. The molecule has 1 aliphatic carbocycles. The number of aromatic nitrogens is 4. The van der Waals surface area contributed by atoms with Gasteiger partial charge >= 0.3 is 0 Å². The maximum absolute atomic E-state index is 13.2. The summed E-state index contributed by atoms with van der Waals surface area (Å²) in [5.74, 6) is 0.758. The second-order valence-electron chi connectivity index (χ2n) is 7.78. The topological polar surface area (TPSA) is 72.5 Å². The molecule has 0 spiro atoms. The van der Waals surface area contributed by atoms with E-state index in [2.05, 4.69) is 17.0 Å². The average Bonchev–Trinajstić information content (AvgIpc) is 3.37. The van der Waals surface area contributed by atoms with Gasteiger partial charge in [0, 0.05) is 36.8 Å². The van der Waals surface area contributed by atoms with Crippen molar-refractivity contribution in [3.63, 3.8) is 0 Å². The van der Waals surface area contributed by atoms with E-state index in [1.807, 2.05) is 38.9 Å². The van der Waals surface area contributed by atoms with Crippen LogP contribution < -0.4 is 5.56 Å². The Morgan fingerprint density at radius 1 is 1.27 bits per heavy atom. The third-order valence-electron chi connectivity index (χ3n) is 5.53. The van der Waals surface area contributed by atoms with Crippen LogP contribution in [-0.2, 0) is 24.3 Å². The standard InChI is InChI=1S/C22H23N5O2S/c1-2-3-19-24-26(21(29)18-12-16-8-11-30-22(16)27(18)19)14-20(28)25(17-4-5-17)13-15-6-9-23-10-7-15/h6-12,17H,2-5,13-14H2,1H3. The molecule has 4 aromatic heterocycles. The van der Waals surface area contributed by atoms with E-state index < -0.39 is 0 Å². The van der Waals surface area contributed by atoms with Gasteiger partial charge in [-0.15, -0.1) is 11.3 Å². The Balaban J connectivity index is 1.50. The van der Waals surface area contributed by atoms with Crippen molar-refractivity contribution in [2.75, 3.05) is 0 Å². The van der Waals surface area contributed by atoms with Gasteiger partial charge in [0.15, 0.2) is 0 Å². The molecular weight excluding hydrogens is 398 g/mol. The molecule has 5 rings (SSSR count). The molecule has 0 bridgehead atoms. The van der Waals surface area contributed by atoms with Crippen LogP contribution in [0.1, 0.15) is 37.6 Å². The van der Waals surface area contributed by atoms with Crippen molar-refractivity contribution in [3.8, 4) is 0 Å². The lowest BCUT2D eigenvalue weighted by molar-refractivity contribution is -0.133. The molecule has 1 fully saturated rings. The Labute approximate surface area is 177 Å². The number of carbonyl (C=O) groups excluding carboxylic acids is 1. The number of rotatable bonds is 7. The number of carbonyl (C=O) groups is 1. The largest absolute Gasteiger partial charge is 0.334 e. The Hall–Kier alpha value is -3.00. The minimum Gasteiger partial charge on any atom is -0.334 e. The first-order valence-corrected chi connectivity index (χ1v) is 11.2. The van der Waals surface area contributed by atoms with E-state index in [0.29, 0.717) is 12.1 Å². The van der Waals surface area contributed by atoms with Crippen molar-refractivity contribution in [3.05, 3.63) is 63.8 Å². The molecule has 8 heteroatoms. The third-order valence-corrected chi connectivity index (χ3v) is 6.44. The van der Waals surface area contributed by atoms with Gasteiger partial charge in [-0.3, -0.25) is 19.0 Å². The van der Waals surface area contributed by atoms with E-state index in [4.69, 9.17) is 0 Å². The normalized spacial score (nSPS) is 13.9. The van der Waals surface area contributed by atoms with Crippen LogP contribution in [0.3, 0.4) is 0 Å². The first kappa shape index (κ1) is 19.0. The van der Waals surface area contributed by atoms with Crippen molar-refractivity contribution in [1.29, 1.82) is 0 Å². The van der Waals surface area contributed by atoms with Crippen LogP contribution in [0.25, 0.3) is 15.7 Å². The summed E-state index contributed by atoms with van der Waals surface area (Å²) in [5.41, 5.74) is 1.42. The molecule has 0 atom stereocenters. The average molecular weight is 422 g/mol. The maximum atomic E-state index is 13.2. The molecule has 0 aliphatic heterocycles. The van der Waals surface area contributed by atoms with Crippen molar-refractivity contribution >= 4 is 33.0 Å². The van der Waals surface area contributed by atoms with Gasteiger partial charge in [0.1, 0.15) is 22.7 Å². The van der Waals surface area contributed by atoms with Crippen LogP contribution >= 0.6 is 11.3 Å². The minimum absolute atomic E-state index is 0.0353. The molecule has 154 valence electrons. The Bertz CT molecular complexity index is 1270. The Morgan fingerprint density at radius 3 is 2.80 bits per heavy atom. The van der Waals surface area contributed by atoms with Gasteiger partial charge in [-0.1, -0.05) is 6.92 Å². The number of thiophene rings is 1. The lowest BCUT2D eigenvalue weighted by Gasteiger charge is -2.23. The van der Waals surface area contributed by atoms with E-state index in [1.54, 1.807) is 23.7 Å². The minimum atomic E-state index is -0.216.